The lowest BCUT2D eigenvalue weighted by atomic mass is 10.1. The first-order chi connectivity index (χ1) is 11.2. The van der Waals surface area contributed by atoms with Gasteiger partial charge >= 0.3 is 0 Å². The fourth-order valence-corrected chi connectivity index (χ4v) is 1.95. The highest BCUT2D eigenvalue weighted by atomic mass is 16.5. The van der Waals surface area contributed by atoms with E-state index in [1.165, 1.54) is 6.08 Å². The van der Waals surface area contributed by atoms with E-state index in [0.29, 0.717) is 22.7 Å². The third-order valence-corrected chi connectivity index (χ3v) is 3.13. The molecule has 0 aliphatic heterocycles. The van der Waals surface area contributed by atoms with Crippen molar-refractivity contribution in [3.8, 4) is 17.6 Å². The predicted molar refractivity (Wildman–Crippen MR) is 88.4 cm³/mol. The van der Waals surface area contributed by atoms with Crippen LogP contribution >= 0.6 is 0 Å². The van der Waals surface area contributed by atoms with Gasteiger partial charge in [-0.2, -0.15) is 5.26 Å². The second-order valence-corrected chi connectivity index (χ2v) is 4.62. The van der Waals surface area contributed by atoms with Gasteiger partial charge in [0.15, 0.2) is 0 Å². The molecular formula is C18H16N2O3. The maximum Gasteiger partial charge on any atom is 0.248 e. The summed E-state index contributed by atoms with van der Waals surface area (Å²) in [4.78, 5) is 12.0. The summed E-state index contributed by atoms with van der Waals surface area (Å²) < 4.78 is 10.4. The number of carbonyl (C=O) groups is 1. The van der Waals surface area contributed by atoms with E-state index in [1.807, 2.05) is 6.07 Å². The molecule has 5 nitrogen and oxygen atoms in total. The number of benzene rings is 2. The van der Waals surface area contributed by atoms with Crippen LogP contribution in [0.4, 0.5) is 5.69 Å². The van der Waals surface area contributed by atoms with Crippen molar-refractivity contribution in [2.75, 3.05) is 19.5 Å². The van der Waals surface area contributed by atoms with Crippen molar-refractivity contribution in [3.05, 3.63) is 59.7 Å². The van der Waals surface area contributed by atoms with Crippen molar-refractivity contribution >= 4 is 17.7 Å². The molecule has 0 heterocycles. The van der Waals surface area contributed by atoms with Gasteiger partial charge in [0.05, 0.1) is 25.9 Å². The second-order valence-electron chi connectivity index (χ2n) is 4.62. The quantitative estimate of drug-likeness (QED) is 0.861. The summed E-state index contributed by atoms with van der Waals surface area (Å²) in [6.45, 7) is 0. The number of amides is 1. The van der Waals surface area contributed by atoms with E-state index in [2.05, 4.69) is 5.32 Å². The summed E-state index contributed by atoms with van der Waals surface area (Å²) in [6, 6.07) is 14.0. The van der Waals surface area contributed by atoms with Crippen LogP contribution in [0.1, 0.15) is 11.1 Å². The van der Waals surface area contributed by atoms with Crippen molar-refractivity contribution < 1.29 is 14.3 Å². The third-order valence-electron chi connectivity index (χ3n) is 3.13. The molecule has 2 rings (SSSR count). The number of methoxy groups -OCH3 is 2. The lowest BCUT2D eigenvalue weighted by molar-refractivity contribution is -0.111. The summed E-state index contributed by atoms with van der Waals surface area (Å²) in [5, 5.41) is 11.5. The Morgan fingerprint density at radius 2 is 1.87 bits per heavy atom. The van der Waals surface area contributed by atoms with Crippen LogP contribution in [0.25, 0.3) is 6.08 Å². The highest BCUT2D eigenvalue weighted by molar-refractivity contribution is 6.02. The first-order valence-corrected chi connectivity index (χ1v) is 6.87. The smallest absolute Gasteiger partial charge is 0.248 e. The van der Waals surface area contributed by atoms with Gasteiger partial charge in [-0.15, -0.1) is 0 Å². The van der Waals surface area contributed by atoms with E-state index in [4.69, 9.17) is 14.7 Å². The number of hydrogen-bond donors (Lipinski definition) is 1. The molecule has 2 aromatic rings. The third kappa shape index (κ3) is 4.35. The van der Waals surface area contributed by atoms with E-state index < -0.39 is 0 Å². The molecule has 0 saturated heterocycles. The minimum atomic E-state index is -0.278. The zero-order chi connectivity index (χ0) is 16.7. The molecule has 0 spiro atoms. The molecule has 1 amide bonds. The Bertz CT molecular complexity index is 759. The molecule has 0 saturated carbocycles. The van der Waals surface area contributed by atoms with Crippen LogP contribution in [0.3, 0.4) is 0 Å². The van der Waals surface area contributed by atoms with E-state index in [9.17, 15) is 4.79 Å². The Morgan fingerprint density at radius 1 is 1.13 bits per heavy atom. The van der Waals surface area contributed by atoms with Crippen molar-refractivity contribution in [1.82, 2.24) is 0 Å². The molecule has 0 bridgehead atoms. The molecule has 1 N–H and O–H groups in total. The molecule has 0 fully saturated rings. The second kappa shape index (κ2) is 7.66. The van der Waals surface area contributed by atoms with E-state index in [-0.39, 0.29) is 5.91 Å². The van der Waals surface area contributed by atoms with Crippen LogP contribution in [-0.4, -0.2) is 20.1 Å². The van der Waals surface area contributed by atoms with Gasteiger partial charge < -0.3 is 14.8 Å². The van der Waals surface area contributed by atoms with Crippen molar-refractivity contribution in [3.63, 3.8) is 0 Å². The average molecular weight is 308 g/mol. The Balaban J connectivity index is 2.09. The Morgan fingerprint density at radius 3 is 2.48 bits per heavy atom. The van der Waals surface area contributed by atoms with Gasteiger partial charge in [0.1, 0.15) is 11.5 Å². The van der Waals surface area contributed by atoms with E-state index >= 15 is 0 Å². The lowest BCUT2D eigenvalue weighted by Gasteiger charge is -2.07. The van der Waals surface area contributed by atoms with Gasteiger partial charge in [-0.1, -0.05) is 0 Å². The summed E-state index contributed by atoms with van der Waals surface area (Å²) >= 11 is 0. The van der Waals surface area contributed by atoms with Crippen LogP contribution in [0, 0.1) is 11.3 Å². The minimum Gasteiger partial charge on any atom is -0.497 e. The molecule has 2 aromatic carbocycles. The zero-order valence-electron chi connectivity index (χ0n) is 12.9. The first kappa shape index (κ1) is 16.1. The highest BCUT2D eigenvalue weighted by Gasteiger charge is 2.03. The number of hydrogen-bond acceptors (Lipinski definition) is 4. The number of rotatable bonds is 5. The fourth-order valence-electron chi connectivity index (χ4n) is 1.95. The summed E-state index contributed by atoms with van der Waals surface area (Å²) in [5.41, 5.74) is 1.90. The topological polar surface area (TPSA) is 71.3 Å². The molecular weight excluding hydrogens is 292 g/mol. The first-order valence-electron chi connectivity index (χ1n) is 6.87. The van der Waals surface area contributed by atoms with Crippen molar-refractivity contribution in [2.45, 2.75) is 0 Å². The lowest BCUT2D eigenvalue weighted by Crippen LogP contribution is -2.07. The number of ether oxygens (including phenoxy) is 2. The fraction of sp³-hybridized carbons (Fsp3) is 0.111. The maximum absolute atomic E-state index is 12.0. The molecule has 0 radical (unpaired) electrons. The average Bonchev–Trinajstić information content (AvgIpc) is 2.60. The number of carbonyl (C=O) groups excluding carboxylic acids is 1. The van der Waals surface area contributed by atoms with Crippen LogP contribution < -0.4 is 14.8 Å². The zero-order valence-corrected chi connectivity index (χ0v) is 12.9. The Labute approximate surface area is 134 Å². The predicted octanol–water partition coefficient (Wildman–Crippen LogP) is 3.23. The molecule has 5 heteroatoms. The maximum atomic E-state index is 12.0. The van der Waals surface area contributed by atoms with Crippen molar-refractivity contribution in [2.24, 2.45) is 0 Å². The summed E-state index contributed by atoms with van der Waals surface area (Å²) in [5.74, 6) is 1.05. The number of nitrogens with one attached hydrogen (secondary N) is 1. The molecule has 0 aromatic heterocycles. The minimum absolute atomic E-state index is 0.278. The number of nitriles is 1. The van der Waals surface area contributed by atoms with Gasteiger partial charge in [0.2, 0.25) is 5.91 Å². The normalized spacial score (nSPS) is 10.1. The van der Waals surface area contributed by atoms with Crippen LogP contribution in [0.2, 0.25) is 0 Å². The standard InChI is InChI=1S/C18H16N2O3/c1-22-16-8-9-17(23-2)14(11-16)5-10-18(21)20-15-6-3-13(12-19)4-7-15/h3-11H,1-2H3,(H,20,21)/b10-5+. The molecule has 116 valence electrons. The van der Waals surface area contributed by atoms with E-state index in [1.54, 1.807) is 62.8 Å². The van der Waals surface area contributed by atoms with Crippen LogP contribution in [0.5, 0.6) is 11.5 Å². The Kier molecular flexibility index (Phi) is 5.37. The highest BCUT2D eigenvalue weighted by Crippen LogP contribution is 2.25. The SMILES string of the molecule is COc1ccc(OC)c(/C=C/C(=O)Nc2ccc(C#N)cc2)c1. The largest absolute Gasteiger partial charge is 0.497 e. The molecule has 23 heavy (non-hydrogen) atoms. The number of nitrogens with zero attached hydrogens (tertiary/aromatic N) is 1. The van der Waals surface area contributed by atoms with Gasteiger partial charge in [0.25, 0.3) is 0 Å². The molecule has 0 atom stereocenters. The van der Waals surface area contributed by atoms with Gasteiger partial charge in [-0.05, 0) is 48.5 Å². The molecule has 0 aliphatic rings. The van der Waals surface area contributed by atoms with Gasteiger partial charge in [-0.25, -0.2) is 0 Å². The van der Waals surface area contributed by atoms with Gasteiger partial charge in [-0.3, -0.25) is 4.79 Å². The van der Waals surface area contributed by atoms with Crippen molar-refractivity contribution in [1.29, 1.82) is 5.26 Å². The van der Waals surface area contributed by atoms with Gasteiger partial charge in [0, 0.05) is 17.3 Å². The Hall–Kier alpha value is -3.26. The molecule has 0 unspecified atom stereocenters. The summed E-state index contributed by atoms with van der Waals surface area (Å²) in [6.07, 6.45) is 3.07. The van der Waals surface area contributed by atoms with E-state index in [0.717, 1.165) is 5.56 Å². The number of anilines is 1. The van der Waals surface area contributed by atoms with Crippen LogP contribution in [-0.2, 0) is 4.79 Å². The van der Waals surface area contributed by atoms with Crippen LogP contribution in [0.15, 0.2) is 48.5 Å². The monoisotopic (exact) mass is 308 g/mol. The molecule has 0 aliphatic carbocycles. The summed E-state index contributed by atoms with van der Waals surface area (Å²) in [7, 11) is 3.14.